The largest absolute Gasteiger partial charge is 0.351 e. The Morgan fingerprint density at radius 1 is 1.20 bits per heavy atom. The summed E-state index contributed by atoms with van der Waals surface area (Å²) < 4.78 is 0. The lowest BCUT2D eigenvalue weighted by Gasteiger charge is -2.22. The molecule has 25 heavy (non-hydrogen) atoms. The Morgan fingerprint density at radius 3 is 2.60 bits per heavy atom. The van der Waals surface area contributed by atoms with Crippen LogP contribution in [-0.4, -0.2) is 26.7 Å². The van der Waals surface area contributed by atoms with Gasteiger partial charge in [0.25, 0.3) is 0 Å². The molecule has 0 aliphatic carbocycles. The summed E-state index contributed by atoms with van der Waals surface area (Å²) in [4.78, 5) is 23.3. The third-order valence-electron chi connectivity index (χ3n) is 3.51. The van der Waals surface area contributed by atoms with E-state index in [1.165, 1.54) is 17.3 Å². The predicted molar refractivity (Wildman–Crippen MR) is 106 cm³/mol. The summed E-state index contributed by atoms with van der Waals surface area (Å²) in [5, 5.41) is 4.65. The lowest BCUT2D eigenvalue weighted by molar-refractivity contribution is -0.121. The number of carbonyl (C=O) groups excluding carboxylic acids is 1. The van der Waals surface area contributed by atoms with Gasteiger partial charge in [-0.15, -0.1) is 11.3 Å². The molecule has 0 saturated heterocycles. The molecule has 0 spiro atoms. The maximum Gasteiger partial charge on any atom is 0.233 e. The van der Waals surface area contributed by atoms with Crippen LogP contribution in [0.25, 0.3) is 20.7 Å². The van der Waals surface area contributed by atoms with Crippen molar-refractivity contribution in [1.29, 1.82) is 0 Å². The Kier molecular flexibility index (Phi) is 5.11. The van der Waals surface area contributed by atoms with Crippen molar-refractivity contribution < 1.29 is 4.79 Å². The molecular formula is C19H21N3OS2. The van der Waals surface area contributed by atoms with Crippen molar-refractivity contribution in [3.63, 3.8) is 0 Å². The van der Waals surface area contributed by atoms with Gasteiger partial charge < -0.3 is 5.32 Å². The SMILES string of the molecule is C[C@@H](Sc1ncnc2sc(-c3ccccc3)cc12)C(=O)NC(C)(C)C. The van der Waals surface area contributed by atoms with E-state index in [9.17, 15) is 4.79 Å². The van der Waals surface area contributed by atoms with Crippen molar-refractivity contribution >= 4 is 39.2 Å². The number of fused-ring (bicyclic) bond motifs is 1. The molecule has 0 bridgehead atoms. The third-order valence-corrected chi connectivity index (χ3v) is 5.72. The molecule has 0 unspecified atom stereocenters. The van der Waals surface area contributed by atoms with Gasteiger partial charge in [-0.25, -0.2) is 9.97 Å². The van der Waals surface area contributed by atoms with Crippen molar-refractivity contribution in [2.24, 2.45) is 0 Å². The molecule has 1 aromatic carbocycles. The molecule has 3 rings (SSSR count). The number of benzene rings is 1. The second-order valence-electron chi connectivity index (χ2n) is 6.87. The van der Waals surface area contributed by atoms with Gasteiger partial charge in [-0.1, -0.05) is 42.1 Å². The first kappa shape index (κ1) is 17.9. The minimum Gasteiger partial charge on any atom is -0.351 e. The van der Waals surface area contributed by atoms with Crippen LogP contribution in [0.2, 0.25) is 0 Å². The topological polar surface area (TPSA) is 54.9 Å². The Balaban J connectivity index is 1.87. The number of aromatic nitrogens is 2. The Morgan fingerprint density at radius 2 is 1.92 bits per heavy atom. The highest BCUT2D eigenvalue weighted by molar-refractivity contribution is 8.00. The average Bonchev–Trinajstić information content (AvgIpc) is 2.99. The van der Waals surface area contributed by atoms with Crippen LogP contribution in [0.5, 0.6) is 0 Å². The molecule has 0 aliphatic heterocycles. The minimum absolute atomic E-state index is 0.0165. The first-order valence-electron chi connectivity index (χ1n) is 8.12. The van der Waals surface area contributed by atoms with E-state index < -0.39 is 0 Å². The number of nitrogens with zero attached hydrogens (tertiary/aromatic N) is 2. The van der Waals surface area contributed by atoms with Crippen LogP contribution >= 0.6 is 23.1 Å². The normalized spacial score (nSPS) is 13.0. The summed E-state index contributed by atoms with van der Waals surface area (Å²) in [6, 6.07) is 12.4. The number of nitrogens with one attached hydrogen (secondary N) is 1. The summed E-state index contributed by atoms with van der Waals surface area (Å²) in [5.41, 5.74) is 0.926. The zero-order valence-corrected chi connectivity index (χ0v) is 16.4. The van der Waals surface area contributed by atoms with Crippen LogP contribution < -0.4 is 5.32 Å². The fraction of sp³-hybridized carbons (Fsp3) is 0.316. The average molecular weight is 372 g/mol. The van der Waals surface area contributed by atoms with Crippen LogP contribution in [0.15, 0.2) is 47.8 Å². The Bertz CT molecular complexity index is 885. The quantitative estimate of drug-likeness (QED) is 0.531. The van der Waals surface area contributed by atoms with E-state index in [0.717, 1.165) is 20.1 Å². The highest BCUT2D eigenvalue weighted by atomic mass is 32.2. The number of hydrogen-bond acceptors (Lipinski definition) is 5. The molecule has 0 saturated carbocycles. The molecule has 1 amide bonds. The van der Waals surface area contributed by atoms with Gasteiger partial charge in [0.05, 0.1) is 5.25 Å². The maximum atomic E-state index is 12.4. The van der Waals surface area contributed by atoms with Crippen molar-refractivity contribution in [3.05, 3.63) is 42.7 Å². The van der Waals surface area contributed by atoms with Crippen LogP contribution in [0.4, 0.5) is 0 Å². The van der Waals surface area contributed by atoms with Crippen molar-refractivity contribution in [2.45, 2.75) is 43.5 Å². The standard InChI is InChI=1S/C19H21N3OS2/c1-12(16(23)22-19(2,3)4)24-17-14-10-15(13-8-6-5-7-9-13)25-18(14)21-11-20-17/h5-12H,1-4H3,(H,22,23)/t12-/m1/s1. The lowest BCUT2D eigenvalue weighted by atomic mass is 10.1. The molecule has 3 aromatic rings. The van der Waals surface area contributed by atoms with E-state index in [2.05, 4.69) is 33.5 Å². The van der Waals surface area contributed by atoms with E-state index in [4.69, 9.17) is 0 Å². The second kappa shape index (κ2) is 7.14. The monoisotopic (exact) mass is 371 g/mol. The number of amides is 1. The Labute approximate surface area is 156 Å². The first-order valence-corrected chi connectivity index (χ1v) is 9.82. The smallest absolute Gasteiger partial charge is 0.233 e. The summed E-state index contributed by atoms with van der Waals surface area (Å²) in [7, 11) is 0. The summed E-state index contributed by atoms with van der Waals surface area (Å²) in [6.45, 7) is 7.85. The van der Waals surface area contributed by atoms with Gasteiger partial charge in [-0.05, 0) is 39.3 Å². The van der Waals surface area contributed by atoms with Gasteiger partial charge in [0.15, 0.2) is 0 Å². The summed E-state index contributed by atoms with van der Waals surface area (Å²) in [5.74, 6) is 0.0165. The number of carbonyl (C=O) groups is 1. The van der Waals surface area contributed by atoms with Crippen LogP contribution in [0.3, 0.4) is 0 Å². The molecule has 2 aromatic heterocycles. The van der Waals surface area contributed by atoms with Gasteiger partial charge in [0.1, 0.15) is 16.2 Å². The zero-order chi connectivity index (χ0) is 18.0. The second-order valence-corrected chi connectivity index (χ2v) is 9.23. The van der Waals surface area contributed by atoms with E-state index in [-0.39, 0.29) is 16.7 Å². The summed E-state index contributed by atoms with van der Waals surface area (Å²) >= 11 is 3.12. The molecule has 0 aliphatic rings. The predicted octanol–water partition coefficient (Wildman–Crippen LogP) is 4.75. The van der Waals surface area contributed by atoms with Gasteiger partial charge >= 0.3 is 0 Å². The molecule has 6 heteroatoms. The number of thioether (sulfide) groups is 1. The van der Waals surface area contributed by atoms with Gasteiger partial charge in [0, 0.05) is 15.8 Å². The van der Waals surface area contributed by atoms with E-state index >= 15 is 0 Å². The van der Waals surface area contributed by atoms with Crippen LogP contribution in [-0.2, 0) is 4.79 Å². The molecule has 0 radical (unpaired) electrons. The maximum absolute atomic E-state index is 12.4. The fourth-order valence-corrected chi connectivity index (χ4v) is 4.33. The van der Waals surface area contributed by atoms with E-state index in [1.54, 1.807) is 17.7 Å². The Hall–Kier alpha value is -1.92. The number of rotatable bonds is 4. The molecular weight excluding hydrogens is 350 g/mol. The third kappa shape index (κ3) is 4.38. The highest BCUT2D eigenvalue weighted by Crippen LogP contribution is 2.37. The molecule has 2 heterocycles. The number of hydrogen-bond donors (Lipinski definition) is 1. The molecule has 0 fully saturated rings. The fourth-order valence-electron chi connectivity index (χ4n) is 2.36. The van der Waals surface area contributed by atoms with Gasteiger partial charge in [-0.2, -0.15) is 0 Å². The molecule has 130 valence electrons. The van der Waals surface area contributed by atoms with Crippen LogP contribution in [0.1, 0.15) is 27.7 Å². The van der Waals surface area contributed by atoms with E-state index in [1.807, 2.05) is 45.9 Å². The molecule has 1 N–H and O–H groups in total. The van der Waals surface area contributed by atoms with Crippen molar-refractivity contribution in [1.82, 2.24) is 15.3 Å². The van der Waals surface area contributed by atoms with Crippen LogP contribution in [0, 0.1) is 0 Å². The van der Waals surface area contributed by atoms with Gasteiger partial charge in [-0.3, -0.25) is 4.79 Å². The highest BCUT2D eigenvalue weighted by Gasteiger charge is 2.22. The van der Waals surface area contributed by atoms with Crippen molar-refractivity contribution in [2.75, 3.05) is 0 Å². The molecule has 1 atom stereocenters. The zero-order valence-electron chi connectivity index (χ0n) is 14.7. The minimum atomic E-state index is -0.240. The first-order chi connectivity index (χ1) is 11.8. The molecule has 4 nitrogen and oxygen atoms in total. The van der Waals surface area contributed by atoms with Crippen molar-refractivity contribution in [3.8, 4) is 10.4 Å². The lowest BCUT2D eigenvalue weighted by Crippen LogP contribution is -2.44. The van der Waals surface area contributed by atoms with E-state index in [0.29, 0.717) is 0 Å². The van der Waals surface area contributed by atoms with Gasteiger partial charge in [0.2, 0.25) is 5.91 Å². The summed E-state index contributed by atoms with van der Waals surface area (Å²) in [6.07, 6.45) is 1.57. The number of thiophene rings is 1.